The SMILES string of the molecule is CCC(=O)Nc1nnc([C@@H]2CC(=O)N(c3ccc(CC)cc3)C2)s1. The van der Waals surface area contributed by atoms with Gasteiger partial charge in [0.1, 0.15) is 5.01 Å². The molecule has 3 rings (SSSR count). The van der Waals surface area contributed by atoms with E-state index in [1.165, 1.54) is 16.9 Å². The number of rotatable bonds is 5. The molecule has 7 heteroatoms. The van der Waals surface area contributed by atoms with Gasteiger partial charge in [0.25, 0.3) is 0 Å². The number of aromatic nitrogens is 2. The van der Waals surface area contributed by atoms with Gasteiger partial charge in [0, 0.05) is 31.0 Å². The van der Waals surface area contributed by atoms with Crippen LogP contribution in [0.25, 0.3) is 0 Å². The molecule has 1 aromatic heterocycles. The van der Waals surface area contributed by atoms with Crippen LogP contribution in [-0.2, 0) is 16.0 Å². The summed E-state index contributed by atoms with van der Waals surface area (Å²) in [7, 11) is 0. The summed E-state index contributed by atoms with van der Waals surface area (Å²) in [6.07, 6.45) is 1.80. The molecule has 1 N–H and O–H groups in total. The van der Waals surface area contributed by atoms with Crippen LogP contribution in [0.15, 0.2) is 24.3 Å². The second-order valence-electron chi connectivity index (χ2n) is 5.77. The summed E-state index contributed by atoms with van der Waals surface area (Å²) in [6.45, 7) is 4.49. The second kappa shape index (κ2) is 7.09. The van der Waals surface area contributed by atoms with Gasteiger partial charge in [-0.25, -0.2) is 0 Å². The zero-order valence-electron chi connectivity index (χ0n) is 13.8. The molecule has 1 fully saturated rings. The first-order valence-corrected chi connectivity index (χ1v) is 8.95. The summed E-state index contributed by atoms with van der Waals surface area (Å²) in [5.41, 5.74) is 2.17. The van der Waals surface area contributed by atoms with Gasteiger partial charge in [0.15, 0.2) is 0 Å². The van der Waals surface area contributed by atoms with Crippen LogP contribution in [0, 0.1) is 0 Å². The molecule has 1 saturated heterocycles. The maximum absolute atomic E-state index is 12.4. The van der Waals surface area contributed by atoms with Crippen molar-refractivity contribution in [2.45, 2.75) is 39.0 Å². The fourth-order valence-corrected chi connectivity index (χ4v) is 3.54. The smallest absolute Gasteiger partial charge is 0.227 e. The predicted octanol–water partition coefficient (Wildman–Crippen LogP) is 2.97. The third-order valence-electron chi connectivity index (χ3n) is 4.14. The van der Waals surface area contributed by atoms with Crippen LogP contribution in [0.1, 0.15) is 43.2 Å². The fraction of sp³-hybridized carbons (Fsp3) is 0.412. The Labute approximate surface area is 144 Å². The number of benzene rings is 1. The Balaban J connectivity index is 1.71. The monoisotopic (exact) mass is 344 g/mol. The van der Waals surface area contributed by atoms with E-state index in [4.69, 9.17) is 0 Å². The van der Waals surface area contributed by atoms with Crippen molar-refractivity contribution in [1.82, 2.24) is 10.2 Å². The van der Waals surface area contributed by atoms with Crippen LogP contribution >= 0.6 is 11.3 Å². The number of amides is 2. The van der Waals surface area contributed by atoms with E-state index in [2.05, 4.69) is 34.6 Å². The van der Waals surface area contributed by atoms with E-state index in [-0.39, 0.29) is 17.7 Å². The summed E-state index contributed by atoms with van der Waals surface area (Å²) in [5.74, 6) is 0.0320. The number of nitrogens with one attached hydrogen (secondary N) is 1. The molecule has 1 aromatic carbocycles. The standard InChI is InChI=1S/C17H20N4O2S/c1-3-11-5-7-13(8-6-11)21-10-12(9-15(21)23)16-19-20-17(24-16)18-14(22)4-2/h5-8,12H,3-4,9-10H2,1-2H3,(H,18,20,22)/t12-/m1/s1. The summed E-state index contributed by atoms with van der Waals surface area (Å²) in [4.78, 5) is 25.6. The Hall–Kier alpha value is -2.28. The van der Waals surface area contributed by atoms with Crippen molar-refractivity contribution < 1.29 is 9.59 Å². The van der Waals surface area contributed by atoms with Crippen molar-refractivity contribution >= 4 is 34.0 Å². The van der Waals surface area contributed by atoms with E-state index in [1.54, 1.807) is 11.8 Å². The highest BCUT2D eigenvalue weighted by Gasteiger charge is 2.33. The van der Waals surface area contributed by atoms with Crippen LogP contribution in [-0.4, -0.2) is 28.6 Å². The van der Waals surface area contributed by atoms with E-state index in [9.17, 15) is 9.59 Å². The molecule has 6 nitrogen and oxygen atoms in total. The number of carbonyl (C=O) groups is 2. The first-order valence-electron chi connectivity index (χ1n) is 8.13. The molecule has 2 heterocycles. The van der Waals surface area contributed by atoms with Gasteiger partial charge in [0.05, 0.1) is 0 Å². The fourth-order valence-electron chi connectivity index (χ4n) is 2.69. The minimum atomic E-state index is -0.0853. The number of nitrogens with zero attached hydrogens (tertiary/aromatic N) is 3. The maximum Gasteiger partial charge on any atom is 0.227 e. The lowest BCUT2D eigenvalue weighted by molar-refractivity contribution is -0.117. The van der Waals surface area contributed by atoms with E-state index >= 15 is 0 Å². The van der Waals surface area contributed by atoms with Crippen molar-refractivity contribution in [3.63, 3.8) is 0 Å². The van der Waals surface area contributed by atoms with Crippen LogP contribution in [0.5, 0.6) is 0 Å². The van der Waals surface area contributed by atoms with E-state index in [0.717, 1.165) is 17.1 Å². The third kappa shape index (κ3) is 3.46. The third-order valence-corrected chi connectivity index (χ3v) is 5.14. The lowest BCUT2D eigenvalue weighted by Crippen LogP contribution is -2.24. The van der Waals surface area contributed by atoms with E-state index in [0.29, 0.717) is 24.5 Å². The first-order chi connectivity index (χ1) is 11.6. The minimum Gasteiger partial charge on any atom is -0.312 e. The number of carbonyl (C=O) groups excluding carboxylic acids is 2. The normalized spacial score (nSPS) is 17.3. The number of hydrogen-bond donors (Lipinski definition) is 1. The molecule has 2 amide bonds. The first kappa shape index (κ1) is 16.6. The summed E-state index contributed by atoms with van der Waals surface area (Å²) in [5, 5.41) is 12.2. The van der Waals surface area contributed by atoms with Crippen LogP contribution in [0.4, 0.5) is 10.8 Å². The van der Waals surface area contributed by atoms with Crippen LogP contribution < -0.4 is 10.2 Å². The highest BCUT2D eigenvalue weighted by Crippen LogP contribution is 2.34. The molecule has 1 aliphatic heterocycles. The summed E-state index contributed by atoms with van der Waals surface area (Å²) in [6, 6.07) is 8.09. The van der Waals surface area contributed by atoms with Gasteiger partial charge < -0.3 is 10.2 Å². The van der Waals surface area contributed by atoms with Gasteiger partial charge in [-0.2, -0.15) is 0 Å². The molecule has 0 saturated carbocycles. The molecule has 2 aromatic rings. The van der Waals surface area contributed by atoms with Gasteiger partial charge in [-0.3, -0.25) is 9.59 Å². The number of hydrogen-bond acceptors (Lipinski definition) is 5. The Bertz CT molecular complexity index is 741. The van der Waals surface area contributed by atoms with Crippen molar-refractivity contribution in [2.24, 2.45) is 0 Å². The largest absolute Gasteiger partial charge is 0.312 e. The van der Waals surface area contributed by atoms with E-state index in [1.807, 2.05) is 12.1 Å². The summed E-state index contributed by atoms with van der Waals surface area (Å²) < 4.78 is 0. The molecule has 1 atom stereocenters. The second-order valence-corrected chi connectivity index (χ2v) is 6.78. The molecule has 0 unspecified atom stereocenters. The van der Waals surface area contributed by atoms with Crippen LogP contribution in [0.3, 0.4) is 0 Å². The zero-order valence-corrected chi connectivity index (χ0v) is 14.6. The van der Waals surface area contributed by atoms with Crippen molar-refractivity contribution in [2.75, 3.05) is 16.8 Å². The van der Waals surface area contributed by atoms with Gasteiger partial charge in [-0.15, -0.1) is 10.2 Å². The zero-order chi connectivity index (χ0) is 17.1. The number of aryl methyl sites for hydroxylation is 1. The molecule has 24 heavy (non-hydrogen) atoms. The molecule has 0 bridgehead atoms. The Morgan fingerprint density at radius 2 is 2.04 bits per heavy atom. The molecule has 1 aliphatic rings. The van der Waals surface area contributed by atoms with Gasteiger partial charge in [-0.1, -0.05) is 37.3 Å². The quantitative estimate of drug-likeness (QED) is 0.905. The van der Waals surface area contributed by atoms with E-state index < -0.39 is 0 Å². The topological polar surface area (TPSA) is 75.2 Å². The molecular weight excluding hydrogens is 324 g/mol. The molecule has 126 valence electrons. The molecule has 0 spiro atoms. The van der Waals surface area contributed by atoms with Crippen molar-refractivity contribution in [3.8, 4) is 0 Å². The highest BCUT2D eigenvalue weighted by molar-refractivity contribution is 7.15. The van der Waals surface area contributed by atoms with Gasteiger partial charge in [0.2, 0.25) is 16.9 Å². The van der Waals surface area contributed by atoms with Crippen molar-refractivity contribution in [3.05, 3.63) is 34.8 Å². The summed E-state index contributed by atoms with van der Waals surface area (Å²) >= 11 is 1.35. The highest BCUT2D eigenvalue weighted by atomic mass is 32.1. The van der Waals surface area contributed by atoms with Crippen molar-refractivity contribution in [1.29, 1.82) is 0 Å². The molecule has 0 radical (unpaired) electrons. The van der Waals surface area contributed by atoms with Gasteiger partial charge in [-0.05, 0) is 24.1 Å². The molecular formula is C17H20N4O2S. The Morgan fingerprint density at radius 1 is 1.29 bits per heavy atom. The lowest BCUT2D eigenvalue weighted by Gasteiger charge is -2.16. The van der Waals surface area contributed by atoms with Gasteiger partial charge >= 0.3 is 0 Å². The number of anilines is 2. The van der Waals surface area contributed by atoms with Crippen LogP contribution in [0.2, 0.25) is 0 Å². The molecule has 0 aliphatic carbocycles. The Kier molecular flexibility index (Phi) is 4.89. The predicted molar refractivity (Wildman–Crippen MR) is 94.4 cm³/mol. The average molecular weight is 344 g/mol. The Morgan fingerprint density at radius 3 is 2.71 bits per heavy atom. The lowest BCUT2D eigenvalue weighted by atomic mass is 10.1. The minimum absolute atomic E-state index is 0.0214. The maximum atomic E-state index is 12.4. The average Bonchev–Trinajstić information content (AvgIpc) is 3.21.